The van der Waals surface area contributed by atoms with Gasteiger partial charge in [-0.15, -0.1) is 0 Å². The quantitative estimate of drug-likeness (QED) is 0.907. The first-order valence-electron chi connectivity index (χ1n) is 7.40. The Hall–Kier alpha value is -2.33. The summed E-state index contributed by atoms with van der Waals surface area (Å²) in [6.45, 7) is 1.86. The van der Waals surface area contributed by atoms with E-state index in [4.69, 9.17) is 11.6 Å². The Bertz CT molecular complexity index is 774. The molecule has 2 aromatic rings. The van der Waals surface area contributed by atoms with E-state index < -0.39 is 11.9 Å². The van der Waals surface area contributed by atoms with Crippen LogP contribution in [-0.2, 0) is 4.79 Å². The van der Waals surface area contributed by atoms with E-state index >= 15 is 0 Å². The smallest absolute Gasteiger partial charge is 0.311 e. The van der Waals surface area contributed by atoms with Gasteiger partial charge in [-0.05, 0) is 37.1 Å². The second kappa shape index (κ2) is 6.05. The molecule has 0 spiro atoms. The molecule has 0 aliphatic carbocycles. The summed E-state index contributed by atoms with van der Waals surface area (Å²) in [5.74, 6) is -1.68. The molecule has 2 unspecified atom stereocenters. The van der Waals surface area contributed by atoms with Crippen molar-refractivity contribution in [3.05, 3.63) is 64.7 Å². The van der Waals surface area contributed by atoms with E-state index in [1.807, 2.05) is 13.0 Å². The van der Waals surface area contributed by atoms with Crippen LogP contribution in [0.25, 0.3) is 0 Å². The highest BCUT2D eigenvalue weighted by molar-refractivity contribution is 6.34. The Kier molecular flexibility index (Phi) is 4.09. The predicted molar refractivity (Wildman–Crippen MR) is 89.2 cm³/mol. The topological polar surface area (TPSA) is 57.6 Å². The fraction of sp³-hybridized carbons (Fsp3) is 0.222. The molecule has 118 valence electrons. The second-order valence-corrected chi connectivity index (χ2v) is 6.10. The Labute approximate surface area is 139 Å². The Morgan fingerprint density at radius 1 is 1.13 bits per heavy atom. The van der Waals surface area contributed by atoms with Crippen molar-refractivity contribution in [3.63, 3.8) is 0 Å². The Morgan fingerprint density at radius 2 is 1.78 bits per heavy atom. The largest absolute Gasteiger partial charge is 0.481 e. The molecule has 0 radical (unpaired) electrons. The lowest BCUT2D eigenvalue weighted by atomic mass is 9.85. The van der Waals surface area contributed by atoms with Gasteiger partial charge in [0.15, 0.2) is 0 Å². The van der Waals surface area contributed by atoms with Crippen LogP contribution in [0.3, 0.4) is 0 Å². The first kappa shape index (κ1) is 15.6. The van der Waals surface area contributed by atoms with Crippen LogP contribution >= 0.6 is 11.6 Å². The summed E-state index contributed by atoms with van der Waals surface area (Å²) in [6, 6.07) is 13.8. The van der Waals surface area contributed by atoms with E-state index in [2.05, 4.69) is 0 Å². The standard InChI is InChI=1S/C18H16ClNO3/c1-11-10-14(18(22)23)12-6-3-5-9-16(12)20(11)17(21)13-7-2-4-8-15(13)19/h2-9,11,14H,10H2,1H3,(H,22,23). The zero-order valence-electron chi connectivity index (χ0n) is 12.6. The minimum Gasteiger partial charge on any atom is -0.481 e. The maximum Gasteiger partial charge on any atom is 0.311 e. The molecule has 1 amide bonds. The molecule has 23 heavy (non-hydrogen) atoms. The number of aliphatic carboxylic acids is 1. The van der Waals surface area contributed by atoms with Crippen LogP contribution in [0.1, 0.15) is 35.2 Å². The van der Waals surface area contributed by atoms with Gasteiger partial charge in [-0.25, -0.2) is 0 Å². The number of hydrogen-bond donors (Lipinski definition) is 1. The van der Waals surface area contributed by atoms with Crippen LogP contribution in [-0.4, -0.2) is 23.0 Å². The number of carboxylic acid groups (broad SMARTS) is 1. The van der Waals surface area contributed by atoms with Crippen LogP contribution in [0.15, 0.2) is 48.5 Å². The van der Waals surface area contributed by atoms with Gasteiger partial charge in [0.25, 0.3) is 5.91 Å². The summed E-state index contributed by atoms with van der Waals surface area (Å²) in [5.41, 5.74) is 1.73. The summed E-state index contributed by atoms with van der Waals surface area (Å²) in [7, 11) is 0. The van der Waals surface area contributed by atoms with Gasteiger partial charge in [-0.2, -0.15) is 0 Å². The zero-order valence-corrected chi connectivity index (χ0v) is 13.3. The fourth-order valence-corrected chi connectivity index (χ4v) is 3.34. The molecule has 3 rings (SSSR count). The molecule has 1 aliphatic heterocycles. The lowest BCUT2D eigenvalue weighted by Crippen LogP contribution is -2.44. The van der Waals surface area contributed by atoms with Crippen LogP contribution in [0.4, 0.5) is 5.69 Å². The molecule has 0 bridgehead atoms. The van der Waals surface area contributed by atoms with Crippen molar-refractivity contribution in [2.75, 3.05) is 4.90 Å². The lowest BCUT2D eigenvalue weighted by molar-refractivity contribution is -0.139. The maximum absolute atomic E-state index is 13.0. The molecule has 0 saturated carbocycles. The Morgan fingerprint density at radius 3 is 2.48 bits per heavy atom. The minimum atomic E-state index is -0.867. The molecule has 1 heterocycles. The van der Waals surface area contributed by atoms with Gasteiger partial charge in [0.1, 0.15) is 0 Å². The number of carboxylic acids is 1. The number of rotatable bonds is 2. The average Bonchev–Trinajstić information content (AvgIpc) is 2.54. The molecular formula is C18H16ClNO3. The fourth-order valence-electron chi connectivity index (χ4n) is 3.12. The van der Waals surface area contributed by atoms with Crippen molar-refractivity contribution >= 4 is 29.2 Å². The molecule has 2 aromatic carbocycles. The first-order valence-corrected chi connectivity index (χ1v) is 7.78. The SMILES string of the molecule is CC1CC(C(=O)O)c2ccccc2N1C(=O)c1ccccc1Cl. The third kappa shape index (κ3) is 2.70. The molecule has 5 heteroatoms. The summed E-state index contributed by atoms with van der Waals surface area (Å²) >= 11 is 6.15. The molecular weight excluding hydrogens is 314 g/mol. The molecule has 2 atom stereocenters. The van der Waals surface area contributed by atoms with Crippen molar-refractivity contribution in [1.29, 1.82) is 0 Å². The van der Waals surface area contributed by atoms with E-state index in [1.54, 1.807) is 47.4 Å². The van der Waals surface area contributed by atoms with Gasteiger partial charge in [0.2, 0.25) is 0 Å². The van der Waals surface area contributed by atoms with Crippen molar-refractivity contribution < 1.29 is 14.7 Å². The first-order chi connectivity index (χ1) is 11.0. The van der Waals surface area contributed by atoms with E-state index in [-0.39, 0.29) is 11.9 Å². The molecule has 1 aliphatic rings. The van der Waals surface area contributed by atoms with Gasteiger partial charge in [0.05, 0.1) is 16.5 Å². The number of halogens is 1. The van der Waals surface area contributed by atoms with Crippen LogP contribution in [0, 0.1) is 0 Å². The number of benzene rings is 2. The maximum atomic E-state index is 13.0. The number of carbonyl (C=O) groups is 2. The number of para-hydroxylation sites is 1. The minimum absolute atomic E-state index is 0.209. The third-order valence-electron chi connectivity index (χ3n) is 4.21. The molecule has 0 fully saturated rings. The van der Waals surface area contributed by atoms with Gasteiger partial charge in [-0.3, -0.25) is 9.59 Å². The molecule has 1 N–H and O–H groups in total. The monoisotopic (exact) mass is 329 g/mol. The number of hydrogen-bond acceptors (Lipinski definition) is 2. The number of nitrogens with zero attached hydrogens (tertiary/aromatic N) is 1. The third-order valence-corrected chi connectivity index (χ3v) is 4.54. The van der Waals surface area contributed by atoms with E-state index in [9.17, 15) is 14.7 Å². The highest BCUT2D eigenvalue weighted by Crippen LogP contribution is 2.39. The van der Waals surface area contributed by atoms with Gasteiger partial charge in [-0.1, -0.05) is 41.9 Å². The van der Waals surface area contributed by atoms with E-state index in [1.165, 1.54) is 0 Å². The lowest BCUT2D eigenvalue weighted by Gasteiger charge is -2.38. The van der Waals surface area contributed by atoms with Crippen molar-refractivity contribution in [1.82, 2.24) is 0 Å². The number of anilines is 1. The summed E-state index contributed by atoms with van der Waals surface area (Å²) < 4.78 is 0. The van der Waals surface area contributed by atoms with Crippen LogP contribution in [0.2, 0.25) is 5.02 Å². The number of amides is 1. The molecule has 0 saturated heterocycles. The van der Waals surface area contributed by atoms with Gasteiger partial charge in [0, 0.05) is 11.7 Å². The highest BCUT2D eigenvalue weighted by atomic mass is 35.5. The zero-order chi connectivity index (χ0) is 16.6. The predicted octanol–water partition coefficient (Wildman–Crippen LogP) is 3.95. The molecule has 0 aromatic heterocycles. The van der Waals surface area contributed by atoms with Gasteiger partial charge >= 0.3 is 5.97 Å². The summed E-state index contributed by atoms with van der Waals surface area (Å²) in [6.07, 6.45) is 0.378. The summed E-state index contributed by atoms with van der Waals surface area (Å²) in [4.78, 5) is 26.2. The normalized spacial score (nSPS) is 20.0. The van der Waals surface area contributed by atoms with Gasteiger partial charge < -0.3 is 10.0 Å². The number of carbonyl (C=O) groups excluding carboxylic acids is 1. The van der Waals surface area contributed by atoms with Crippen molar-refractivity contribution in [2.45, 2.75) is 25.3 Å². The van der Waals surface area contributed by atoms with E-state index in [0.717, 1.165) is 0 Å². The van der Waals surface area contributed by atoms with Crippen LogP contribution in [0.5, 0.6) is 0 Å². The second-order valence-electron chi connectivity index (χ2n) is 5.69. The molecule has 4 nitrogen and oxygen atoms in total. The van der Waals surface area contributed by atoms with E-state index in [0.29, 0.717) is 28.3 Å². The number of fused-ring (bicyclic) bond motifs is 1. The highest BCUT2D eigenvalue weighted by Gasteiger charge is 2.37. The van der Waals surface area contributed by atoms with Crippen molar-refractivity contribution in [2.24, 2.45) is 0 Å². The Balaban J connectivity index is 2.09. The summed E-state index contributed by atoms with van der Waals surface area (Å²) in [5, 5.41) is 9.86. The van der Waals surface area contributed by atoms with Crippen LogP contribution < -0.4 is 4.90 Å². The average molecular weight is 330 g/mol. The van der Waals surface area contributed by atoms with Crippen molar-refractivity contribution in [3.8, 4) is 0 Å².